The van der Waals surface area contributed by atoms with Crippen LogP contribution in [0.1, 0.15) is 43.2 Å². The first-order valence-electron chi connectivity index (χ1n) is 14.2. The van der Waals surface area contributed by atoms with Crippen LogP contribution in [-0.4, -0.2) is 56.9 Å². The number of hydrogen-bond acceptors (Lipinski definition) is 5. The molecule has 2 heterocycles. The van der Waals surface area contributed by atoms with Gasteiger partial charge in [0, 0.05) is 44.2 Å². The van der Waals surface area contributed by atoms with Gasteiger partial charge in [0.25, 0.3) is 0 Å². The van der Waals surface area contributed by atoms with Crippen LogP contribution in [0.15, 0.2) is 54.6 Å². The van der Waals surface area contributed by atoms with E-state index in [9.17, 15) is 23.2 Å². The van der Waals surface area contributed by atoms with Crippen LogP contribution in [0.5, 0.6) is 0 Å². The van der Waals surface area contributed by atoms with Crippen molar-refractivity contribution in [1.82, 2.24) is 10.2 Å². The molecule has 1 N–H and O–H groups in total. The number of nitriles is 1. The van der Waals surface area contributed by atoms with E-state index in [2.05, 4.69) is 33.3 Å². The van der Waals surface area contributed by atoms with Gasteiger partial charge >= 0.3 is 12.3 Å². The van der Waals surface area contributed by atoms with E-state index >= 15 is 0 Å². The van der Waals surface area contributed by atoms with Crippen molar-refractivity contribution < 1.29 is 22.7 Å². The Bertz CT molecular complexity index is 1190. The predicted octanol–water partition coefficient (Wildman–Crippen LogP) is 5.84. The molecule has 2 aliphatic heterocycles. The predicted molar refractivity (Wildman–Crippen MR) is 147 cm³/mol. The molecule has 0 radical (unpaired) electrons. The summed E-state index contributed by atoms with van der Waals surface area (Å²) in [4.78, 5) is 16.7. The molecule has 0 aromatic heterocycles. The van der Waals surface area contributed by atoms with Crippen molar-refractivity contribution in [3.8, 4) is 6.07 Å². The van der Waals surface area contributed by atoms with Crippen molar-refractivity contribution in [3.05, 3.63) is 65.7 Å². The van der Waals surface area contributed by atoms with Crippen LogP contribution in [0.3, 0.4) is 0 Å². The summed E-state index contributed by atoms with van der Waals surface area (Å²) in [6.45, 7) is 4.40. The Morgan fingerprint density at radius 3 is 2.27 bits per heavy atom. The van der Waals surface area contributed by atoms with E-state index in [0.29, 0.717) is 5.92 Å². The highest BCUT2D eigenvalue weighted by Crippen LogP contribution is 2.51. The van der Waals surface area contributed by atoms with Crippen LogP contribution >= 0.6 is 0 Å². The molecule has 3 aliphatic rings. The van der Waals surface area contributed by atoms with Crippen LogP contribution in [-0.2, 0) is 16.3 Å². The Morgan fingerprint density at radius 2 is 1.68 bits per heavy atom. The van der Waals surface area contributed by atoms with E-state index in [0.717, 1.165) is 88.2 Å². The van der Waals surface area contributed by atoms with E-state index in [1.165, 1.54) is 0 Å². The van der Waals surface area contributed by atoms with Gasteiger partial charge in [0.1, 0.15) is 6.10 Å². The van der Waals surface area contributed by atoms with Crippen molar-refractivity contribution >= 4 is 11.8 Å². The lowest BCUT2D eigenvalue weighted by atomic mass is 9.59. The summed E-state index contributed by atoms with van der Waals surface area (Å²) in [5.41, 5.74) is 0.497. The Labute approximate surface area is 234 Å². The third-order valence-corrected chi connectivity index (χ3v) is 9.20. The molecule has 0 bridgehead atoms. The molecular weight excluding hydrogens is 517 g/mol. The highest BCUT2D eigenvalue weighted by atomic mass is 19.4. The van der Waals surface area contributed by atoms with Crippen LogP contribution in [0.2, 0.25) is 0 Å². The molecule has 3 atom stereocenters. The van der Waals surface area contributed by atoms with Gasteiger partial charge in [-0.15, -0.1) is 0 Å². The third-order valence-electron chi connectivity index (χ3n) is 9.20. The molecule has 2 aromatic rings. The summed E-state index contributed by atoms with van der Waals surface area (Å²) in [5, 5.41) is 13.4. The molecule has 6 nitrogen and oxygen atoms in total. The van der Waals surface area contributed by atoms with E-state index < -0.39 is 23.2 Å². The van der Waals surface area contributed by atoms with Crippen LogP contribution in [0.25, 0.3) is 0 Å². The molecule has 3 fully saturated rings. The quantitative estimate of drug-likeness (QED) is 0.466. The lowest BCUT2D eigenvalue weighted by Crippen LogP contribution is -2.54. The van der Waals surface area contributed by atoms with Gasteiger partial charge < -0.3 is 19.9 Å². The number of piperidine rings is 1. The summed E-state index contributed by atoms with van der Waals surface area (Å²) in [5.74, 6) is 0.562. The molecule has 9 heteroatoms. The molecule has 5 rings (SSSR count). The topological polar surface area (TPSA) is 68.6 Å². The second-order valence-corrected chi connectivity index (χ2v) is 11.5. The normalized spacial score (nSPS) is 24.1. The zero-order chi connectivity index (χ0) is 28.3. The van der Waals surface area contributed by atoms with Crippen LogP contribution in [0, 0.1) is 29.1 Å². The average Bonchev–Trinajstić information content (AvgIpc) is 3.40. The van der Waals surface area contributed by atoms with Gasteiger partial charge in [0.05, 0.1) is 17.0 Å². The highest BCUT2D eigenvalue weighted by molar-refractivity contribution is 5.67. The number of ether oxygens (including phenoxy) is 1. The van der Waals surface area contributed by atoms with Crippen molar-refractivity contribution in [2.24, 2.45) is 17.8 Å². The van der Waals surface area contributed by atoms with E-state index in [1.54, 1.807) is 19.2 Å². The maximum atomic E-state index is 12.9. The van der Waals surface area contributed by atoms with Gasteiger partial charge in [-0.3, -0.25) is 0 Å². The summed E-state index contributed by atoms with van der Waals surface area (Å²) in [7, 11) is 1.56. The number of nitrogens with one attached hydrogen (secondary N) is 1. The summed E-state index contributed by atoms with van der Waals surface area (Å²) >= 11 is 0. The molecule has 1 saturated carbocycles. The summed E-state index contributed by atoms with van der Waals surface area (Å²) in [6.07, 6.45) is -0.722. The average molecular weight is 555 g/mol. The fourth-order valence-corrected chi connectivity index (χ4v) is 7.18. The number of nitrogens with zero attached hydrogens (tertiary/aromatic N) is 3. The molecule has 0 spiro atoms. The Morgan fingerprint density at radius 1 is 1.00 bits per heavy atom. The van der Waals surface area contributed by atoms with Gasteiger partial charge in [0.15, 0.2) is 0 Å². The molecular formula is C31H37F3N4O2. The molecule has 2 saturated heterocycles. The number of halogens is 3. The number of amides is 1. The Balaban J connectivity index is 1.22. The number of likely N-dealkylation sites (tertiary alicyclic amines) is 1. The standard InChI is InChI=1S/C31H37F3N4O2/c1-36-29(39)40-28-9-5-8-27(28)30(21-35,23-6-3-2-4-7-23)24-14-16-37(17-15-24)18-22-19-38(20-22)26-12-10-25(11-13-26)31(32,33)34/h2-4,6-7,10-13,22,24,27-28H,5,8-9,14-20H2,1H3,(H,36,39)/t27-,28-,30?/m1/s1. The number of alkyl carbamates (subject to hydrolysis) is 1. The molecule has 2 aromatic carbocycles. The van der Waals surface area contributed by atoms with Gasteiger partial charge in [-0.05, 0) is 80.9 Å². The second-order valence-electron chi connectivity index (χ2n) is 11.5. The zero-order valence-corrected chi connectivity index (χ0v) is 22.9. The van der Waals surface area contributed by atoms with E-state index in [-0.39, 0.29) is 17.9 Å². The van der Waals surface area contributed by atoms with Crippen molar-refractivity contribution in [1.29, 1.82) is 5.26 Å². The van der Waals surface area contributed by atoms with E-state index in [1.807, 2.05) is 18.2 Å². The number of benzene rings is 2. The molecule has 214 valence electrons. The number of alkyl halides is 3. The first-order valence-corrected chi connectivity index (χ1v) is 14.2. The summed E-state index contributed by atoms with van der Waals surface area (Å²) < 4.78 is 44.4. The number of carbonyl (C=O) groups is 1. The number of hydrogen-bond donors (Lipinski definition) is 1. The fourth-order valence-electron chi connectivity index (χ4n) is 7.18. The van der Waals surface area contributed by atoms with Crippen molar-refractivity contribution in [2.45, 2.75) is 49.8 Å². The largest absolute Gasteiger partial charge is 0.446 e. The van der Waals surface area contributed by atoms with Crippen LogP contribution in [0.4, 0.5) is 23.7 Å². The molecule has 1 unspecified atom stereocenters. The first kappa shape index (κ1) is 28.3. The van der Waals surface area contributed by atoms with Crippen molar-refractivity contribution in [3.63, 3.8) is 0 Å². The lowest BCUT2D eigenvalue weighted by Gasteiger charge is -2.48. The zero-order valence-electron chi connectivity index (χ0n) is 22.9. The number of carbonyl (C=O) groups excluding carboxylic acids is 1. The second kappa shape index (κ2) is 11.7. The maximum absolute atomic E-state index is 12.9. The van der Waals surface area contributed by atoms with Gasteiger partial charge in [0.2, 0.25) is 0 Å². The lowest BCUT2D eigenvalue weighted by molar-refractivity contribution is -0.137. The fraction of sp³-hybridized carbons (Fsp3) is 0.548. The van der Waals surface area contributed by atoms with E-state index in [4.69, 9.17) is 4.74 Å². The minimum Gasteiger partial charge on any atom is -0.446 e. The SMILES string of the molecule is CNC(=O)O[C@@H]1CCC[C@H]1C(C#N)(c1ccccc1)C1CCN(CC2CN(c3ccc(C(F)(F)F)cc3)C2)CC1. The summed E-state index contributed by atoms with van der Waals surface area (Å²) in [6, 6.07) is 18.2. The number of anilines is 1. The molecule has 1 amide bonds. The monoisotopic (exact) mass is 554 g/mol. The highest BCUT2D eigenvalue weighted by Gasteiger charge is 2.53. The maximum Gasteiger partial charge on any atom is 0.416 e. The molecule has 1 aliphatic carbocycles. The number of rotatable bonds is 7. The molecule has 40 heavy (non-hydrogen) atoms. The first-order chi connectivity index (χ1) is 19.2. The third kappa shape index (κ3) is 5.64. The van der Waals surface area contributed by atoms with Gasteiger partial charge in [-0.1, -0.05) is 30.3 Å². The van der Waals surface area contributed by atoms with Crippen LogP contribution < -0.4 is 10.2 Å². The van der Waals surface area contributed by atoms with Crippen molar-refractivity contribution in [2.75, 3.05) is 44.7 Å². The van der Waals surface area contributed by atoms with Gasteiger partial charge in [-0.25, -0.2) is 4.79 Å². The van der Waals surface area contributed by atoms with Gasteiger partial charge in [-0.2, -0.15) is 18.4 Å². The minimum absolute atomic E-state index is 0.0577. The Hall–Kier alpha value is -3.25. The Kier molecular flexibility index (Phi) is 8.27. The minimum atomic E-state index is -4.32. The smallest absolute Gasteiger partial charge is 0.416 e.